The van der Waals surface area contributed by atoms with Gasteiger partial charge in [-0.15, -0.1) is 0 Å². The number of nitrogens with one attached hydrogen (secondary N) is 1. The number of allylic oxidation sites excluding steroid dienone is 2. The summed E-state index contributed by atoms with van der Waals surface area (Å²) in [6.07, 6.45) is 8.02. The van der Waals surface area contributed by atoms with E-state index >= 15 is 0 Å². The van der Waals surface area contributed by atoms with Gasteiger partial charge in [-0.25, -0.2) is 0 Å². The van der Waals surface area contributed by atoms with Gasteiger partial charge in [0.2, 0.25) is 0 Å². The molecule has 1 aromatic carbocycles. The molecule has 0 amide bonds. The van der Waals surface area contributed by atoms with E-state index in [1.165, 1.54) is 12.8 Å². The Balaban J connectivity index is 1.87. The van der Waals surface area contributed by atoms with Crippen molar-refractivity contribution in [3.8, 4) is 0 Å². The first-order valence-electron chi connectivity index (χ1n) is 6.76. The van der Waals surface area contributed by atoms with E-state index in [0.29, 0.717) is 18.0 Å². The van der Waals surface area contributed by atoms with Gasteiger partial charge in [-0.05, 0) is 44.2 Å². The molecule has 2 rings (SSSR count). The Bertz CT molecular complexity index is 483. The zero-order valence-electron chi connectivity index (χ0n) is 11.3. The number of aryl methyl sites for hydroxylation is 1. The fourth-order valence-electron chi connectivity index (χ4n) is 2.42. The van der Waals surface area contributed by atoms with Gasteiger partial charge in [0, 0.05) is 18.2 Å². The quantitative estimate of drug-likeness (QED) is 0.502. The molecule has 4 nitrogen and oxygen atoms in total. The lowest BCUT2D eigenvalue weighted by Gasteiger charge is -2.18. The Hall–Kier alpha value is -1.68. The van der Waals surface area contributed by atoms with Crippen molar-refractivity contribution in [3.63, 3.8) is 0 Å². The highest BCUT2D eigenvalue weighted by atomic mass is 16.6. The van der Waals surface area contributed by atoms with E-state index in [2.05, 4.69) is 17.5 Å². The van der Waals surface area contributed by atoms with Crippen LogP contribution in [0.1, 0.15) is 30.4 Å². The Morgan fingerprint density at radius 1 is 1.42 bits per heavy atom. The van der Waals surface area contributed by atoms with Crippen molar-refractivity contribution in [1.29, 1.82) is 0 Å². The summed E-state index contributed by atoms with van der Waals surface area (Å²) >= 11 is 0. The van der Waals surface area contributed by atoms with E-state index in [1.807, 2.05) is 12.1 Å². The molecule has 0 aliphatic heterocycles. The van der Waals surface area contributed by atoms with Crippen LogP contribution in [0.5, 0.6) is 0 Å². The minimum Gasteiger partial charge on any atom is -0.312 e. The van der Waals surface area contributed by atoms with E-state index in [0.717, 1.165) is 18.5 Å². The molecule has 0 saturated carbocycles. The summed E-state index contributed by atoms with van der Waals surface area (Å²) in [7, 11) is 0. The maximum Gasteiger partial charge on any atom is 0.272 e. The number of nitro groups is 1. The average molecular weight is 260 g/mol. The highest BCUT2D eigenvalue weighted by Crippen LogP contribution is 2.20. The first-order chi connectivity index (χ1) is 9.16. The van der Waals surface area contributed by atoms with Gasteiger partial charge in [-0.3, -0.25) is 10.1 Å². The fourth-order valence-corrected chi connectivity index (χ4v) is 2.42. The summed E-state index contributed by atoms with van der Waals surface area (Å²) in [4.78, 5) is 10.6. The first-order valence-corrected chi connectivity index (χ1v) is 6.76. The van der Waals surface area contributed by atoms with Crippen molar-refractivity contribution in [2.75, 3.05) is 6.54 Å². The van der Waals surface area contributed by atoms with Crippen LogP contribution in [-0.2, 0) is 6.54 Å². The molecule has 0 spiro atoms. The molecule has 1 unspecified atom stereocenters. The van der Waals surface area contributed by atoms with Crippen LogP contribution in [0.4, 0.5) is 5.69 Å². The Kier molecular flexibility index (Phi) is 4.68. The lowest BCUT2D eigenvalue weighted by atomic mass is 9.94. The maximum atomic E-state index is 10.9. The van der Waals surface area contributed by atoms with Crippen LogP contribution in [-0.4, -0.2) is 11.5 Å². The maximum absolute atomic E-state index is 10.9. The van der Waals surface area contributed by atoms with Crippen LogP contribution in [0.15, 0.2) is 30.4 Å². The molecule has 0 bridgehead atoms. The first kappa shape index (κ1) is 13.7. The third-order valence-corrected chi connectivity index (χ3v) is 3.61. The van der Waals surface area contributed by atoms with E-state index in [-0.39, 0.29) is 10.6 Å². The standard InChI is InChI=1S/C15H20N2O2/c1-12-7-8-14(9-15(12)17(18)19)11-16-10-13-5-3-2-4-6-13/h2-3,7-9,13,16H,4-6,10-11H2,1H3. The second kappa shape index (κ2) is 6.48. The highest BCUT2D eigenvalue weighted by Gasteiger charge is 2.12. The fraction of sp³-hybridized carbons (Fsp3) is 0.467. The molecule has 4 heteroatoms. The summed E-state index contributed by atoms with van der Waals surface area (Å²) in [5.74, 6) is 0.699. The summed E-state index contributed by atoms with van der Waals surface area (Å²) in [6, 6.07) is 5.44. The minimum atomic E-state index is -0.315. The van der Waals surface area contributed by atoms with E-state index in [1.54, 1.807) is 13.0 Å². The van der Waals surface area contributed by atoms with Gasteiger partial charge in [0.05, 0.1) is 4.92 Å². The molecular formula is C15H20N2O2. The number of hydrogen-bond donors (Lipinski definition) is 1. The second-order valence-electron chi connectivity index (χ2n) is 5.16. The zero-order valence-corrected chi connectivity index (χ0v) is 11.3. The Morgan fingerprint density at radius 2 is 2.26 bits per heavy atom. The van der Waals surface area contributed by atoms with Gasteiger partial charge in [0.1, 0.15) is 0 Å². The number of hydrogen-bond acceptors (Lipinski definition) is 3. The van der Waals surface area contributed by atoms with Crippen LogP contribution in [0.3, 0.4) is 0 Å². The molecule has 1 N–H and O–H groups in total. The van der Waals surface area contributed by atoms with Gasteiger partial charge in [0.25, 0.3) is 5.69 Å². The Morgan fingerprint density at radius 3 is 2.95 bits per heavy atom. The van der Waals surface area contributed by atoms with E-state index < -0.39 is 0 Å². The lowest BCUT2D eigenvalue weighted by Crippen LogP contribution is -2.23. The minimum absolute atomic E-state index is 0.208. The average Bonchev–Trinajstić information content (AvgIpc) is 2.41. The van der Waals surface area contributed by atoms with Crippen molar-refractivity contribution in [1.82, 2.24) is 5.32 Å². The van der Waals surface area contributed by atoms with Crippen molar-refractivity contribution in [2.45, 2.75) is 32.7 Å². The highest BCUT2D eigenvalue weighted by molar-refractivity contribution is 5.42. The largest absolute Gasteiger partial charge is 0.312 e. The SMILES string of the molecule is Cc1ccc(CNCC2CC=CCC2)cc1[N+](=O)[O-]. The van der Waals surface area contributed by atoms with Crippen molar-refractivity contribution >= 4 is 5.69 Å². The molecule has 0 fully saturated rings. The van der Waals surface area contributed by atoms with Gasteiger partial charge >= 0.3 is 0 Å². The molecule has 0 saturated heterocycles. The molecule has 0 heterocycles. The molecule has 102 valence electrons. The van der Waals surface area contributed by atoms with Gasteiger partial charge in [0.15, 0.2) is 0 Å². The van der Waals surface area contributed by atoms with Crippen molar-refractivity contribution in [3.05, 3.63) is 51.6 Å². The van der Waals surface area contributed by atoms with Crippen molar-refractivity contribution in [2.24, 2.45) is 5.92 Å². The normalized spacial score (nSPS) is 18.5. The number of benzene rings is 1. The molecule has 1 aliphatic carbocycles. The van der Waals surface area contributed by atoms with Crippen LogP contribution in [0.25, 0.3) is 0 Å². The predicted molar refractivity (Wildman–Crippen MR) is 76.0 cm³/mol. The van der Waals surface area contributed by atoms with Crippen LogP contribution in [0, 0.1) is 23.0 Å². The summed E-state index contributed by atoms with van der Waals surface area (Å²) in [5.41, 5.74) is 1.90. The smallest absolute Gasteiger partial charge is 0.272 e. The molecule has 1 aromatic rings. The molecule has 1 aliphatic rings. The molecule has 19 heavy (non-hydrogen) atoms. The third kappa shape index (κ3) is 3.89. The number of nitrogens with zero attached hydrogens (tertiary/aromatic N) is 1. The molecule has 0 radical (unpaired) electrons. The van der Waals surface area contributed by atoms with E-state index in [4.69, 9.17) is 0 Å². The summed E-state index contributed by atoms with van der Waals surface area (Å²) in [6.45, 7) is 3.44. The lowest BCUT2D eigenvalue weighted by molar-refractivity contribution is -0.385. The van der Waals surface area contributed by atoms with E-state index in [9.17, 15) is 10.1 Å². The summed E-state index contributed by atoms with van der Waals surface area (Å²) in [5, 5.41) is 14.3. The monoisotopic (exact) mass is 260 g/mol. The number of rotatable bonds is 5. The topological polar surface area (TPSA) is 55.2 Å². The Labute approximate surface area is 113 Å². The van der Waals surface area contributed by atoms with Crippen LogP contribution < -0.4 is 5.32 Å². The summed E-state index contributed by atoms with van der Waals surface area (Å²) < 4.78 is 0. The van der Waals surface area contributed by atoms with Crippen LogP contribution in [0.2, 0.25) is 0 Å². The van der Waals surface area contributed by atoms with Gasteiger partial charge in [-0.2, -0.15) is 0 Å². The van der Waals surface area contributed by atoms with Gasteiger partial charge in [-0.1, -0.05) is 24.3 Å². The van der Waals surface area contributed by atoms with Crippen LogP contribution >= 0.6 is 0 Å². The number of nitro benzene ring substituents is 1. The molecule has 1 atom stereocenters. The van der Waals surface area contributed by atoms with Gasteiger partial charge < -0.3 is 5.32 Å². The third-order valence-electron chi connectivity index (χ3n) is 3.61. The zero-order chi connectivity index (χ0) is 13.7. The molecular weight excluding hydrogens is 240 g/mol. The predicted octanol–water partition coefficient (Wildman–Crippen LogP) is 3.35. The molecule has 0 aromatic heterocycles. The van der Waals surface area contributed by atoms with Crippen molar-refractivity contribution < 1.29 is 4.92 Å². The second-order valence-corrected chi connectivity index (χ2v) is 5.16.